The first-order valence-electron chi connectivity index (χ1n) is 6.76. The Hall–Kier alpha value is -0.570. The summed E-state index contributed by atoms with van der Waals surface area (Å²) >= 11 is 11.8. The monoisotopic (exact) mass is 300 g/mol. The second-order valence-electron chi connectivity index (χ2n) is 4.97. The van der Waals surface area contributed by atoms with Crippen molar-refractivity contribution in [1.29, 1.82) is 0 Å². The standard InChI is InChI=1S/C15H18Cl2O2/c16-11-7-8-13(14(17)9-11)15(18)10-19-12-5-3-1-2-4-6-12/h7-9,12H,1-6,10H2. The summed E-state index contributed by atoms with van der Waals surface area (Å²) in [7, 11) is 0. The maximum Gasteiger partial charge on any atom is 0.189 e. The number of hydrogen-bond acceptors (Lipinski definition) is 2. The summed E-state index contributed by atoms with van der Waals surface area (Å²) in [5, 5.41) is 0.924. The fourth-order valence-electron chi connectivity index (χ4n) is 2.40. The number of Topliss-reactive ketones (excluding diaryl/α,β-unsaturated/α-hetero) is 1. The highest BCUT2D eigenvalue weighted by atomic mass is 35.5. The van der Waals surface area contributed by atoms with E-state index in [2.05, 4.69) is 0 Å². The van der Waals surface area contributed by atoms with Gasteiger partial charge in [-0.15, -0.1) is 0 Å². The van der Waals surface area contributed by atoms with E-state index in [0.717, 1.165) is 12.8 Å². The van der Waals surface area contributed by atoms with Crippen LogP contribution in [0.5, 0.6) is 0 Å². The van der Waals surface area contributed by atoms with Crippen molar-refractivity contribution >= 4 is 29.0 Å². The number of halogens is 2. The molecule has 19 heavy (non-hydrogen) atoms. The highest BCUT2D eigenvalue weighted by Crippen LogP contribution is 2.23. The number of benzene rings is 1. The van der Waals surface area contributed by atoms with Crippen LogP contribution in [0, 0.1) is 0 Å². The molecule has 1 aliphatic carbocycles. The summed E-state index contributed by atoms with van der Waals surface area (Å²) < 4.78 is 5.72. The van der Waals surface area contributed by atoms with Crippen LogP contribution in [-0.2, 0) is 4.74 Å². The summed E-state index contributed by atoms with van der Waals surface area (Å²) in [5.41, 5.74) is 0.486. The number of rotatable bonds is 4. The van der Waals surface area contributed by atoms with E-state index in [-0.39, 0.29) is 18.5 Å². The maximum absolute atomic E-state index is 12.1. The smallest absolute Gasteiger partial charge is 0.189 e. The largest absolute Gasteiger partial charge is 0.370 e. The summed E-state index contributed by atoms with van der Waals surface area (Å²) in [5.74, 6) is -0.0779. The van der Waals surface area contributed by atoms with Crippen LogP contribution < -0.4 is 0 Å². The van der Waals surface area contributed by atoms with E-state index in [4.69, 9.17) is 27.9 Å². The Morgan fingerprint density at radius 3 is 2.47 bits per heavy atom. The van der Waals surface area contributed by atoms with Gasteiger partial charge in [-0.1, -0.05) is 48.9 Å². The van der Waals surface area contributed by atoms with Gasteiger partial charge in [-0.3, -0.25) is 4.79 Å². The molecule has 1 saturated carbocycles. The lowest BCUT2D eigenvalue weighted by molar-refractivity contribution is 0.0389. The zero-order valence-electron chi connectivity index (χ0n) is 10.8. The Kier molecular flexibility index (Phi) is 5.68. The predicted molar refractivity (Wildman–Crippen MR) is 78.2 cm³/mol. The first-order chi connectivity index (χ1) is 9.16. The summed E-state index contributed by atoms with van der Waals surface area (Å²) in [6.07, 6.45) is 7.27. The molecule has 0 N–H and O–H groups in total. The Balaban J connectivity index is 1.89. The van der Waals surface area contributed by atoms with Crippen LogP contribution in [0.25, 0.3) is 0 Å². The van der Waals surface area contributed by atoms with E-state index >= 15 is 0 Å². The molecular weight excluding hydrogens is 283 g/mol. The average Bonchev–Trinajstić information content (AvgIpc) is 2.64. The number of carbonyl (C=O) groups excluding carboxylic acids is 1. The minimum Gasteiger partial charge on any atom is -0.370 e. The molecule has 0 radical (unpaired) electrons. The van der Waals surface area contributed by atoms with Gasteiger partial charge >= 0.3 is 0 Å². The quantitative estimate of drug-likeness (QED) is 0.583. The predicted octanol–water partition coefficient (Wildman–Crippen LogP) is 4.92. The lowest BCUT2D eigenvalue weighted by Gasteiger charge is -2.15. The lowest BCUT2D eigenvalue weighted by atomic mass is 10.1. The van der Waals surface area contributed by atoms with E-state index in [1.807, 2.05) is 0 Å². The molecule has 1 aromatic carbocycles. The molecule has 0 spiro atoms. The SMILES string of the molecule is O=C(COC1CCCCCC1)c1ccc(Cl)cc1Cl. The first-order valence-corrected chi connectivity index (χ1v) is 7.52. The molecule has 0 heterocycles. The summed E-state index contributed by atoms with van der Waals surface area (Å²) in [4.78, 5) is 12.1. The van der Waals surface area contributed by atoms with Gasteiger partial charge in [-0.2, -0.15) is 0 Å². The Labute approximate surface area is 124 Å². The molecule has 4 heteroatoms. The minimum absolute atomic E-state index is 0.0779. The molecule has 0 bridgehead atoms. The van der Waals surface area contributed by atoms with Crippen LogP contribution in [0.1, 0.15) is 48.9 Å². The van der Waals surface area contributed by atoms with Crippen molar-refractivity contribution in [3.8, 4) is 0 Å². The molecular formula is C15H18Cl2O2. The topological polar surface area (TPSA) is 26.3 Å². The molecule has 2 rings (SSSR count). The van der Waals surface area contributed by atoms with Crippen molar-refractivity contribution in [2.45, 2.75) is 44.6 Å². The molecule has 0 atom stereocenters. The Morgan fingerprint density at radius 1 is 1.16 bits per heavy atom. The van der Waals surface area contributed by atoms with E-state index in [1.54, 1.807) is 18.2 Å². The lowest BCUT2D eigenvalue weighted by Crippen LogP contribution is -2.18. The molecule has 0 aromatic heterocycles. The van der Waals surface area contributed by atoms with Crippen molar-refractivity contribution in [1.82, 2.24) is 0 Å². The third-order valence-electron chi connectivity index (χ3n) is 3.48. The van der Waals surface area contributed by atoms with E-state index in [1.165, 1.54) is 25.7 Å². The molecule has 1 fully saturated rings. The van der Waals surface area contributed by atoms with Crippen LogP contribution in [0.3, 0.4) is 0 Å². The van der Waals surface area contributed by atoms with Crippen molar-refractivity contribution in [2.24, 2.45) is 0 Å². The van der Waals surface area contributed by atoms with Crippen LogP contribution >= 0.6 is 23.2 Å². The zero-order chi connectivity index (χ0) is 13.7. The van der Waals surface area contributed by atoms with E-state index in [0.29, 0.717) is 15.6 Å². The van der Waals surface area contributed by atoms with Gasteiger partial charge in [0.1, 0.15) is 6.61 Å². The zero-order valence-corrected chi connectivity index (χ0v) is 12.3. The first kappa shape index (κ1) is 14.8. The third kappa shape index (κ3) is 4.48. The van der Waals surface area contributed by atoms with Crippen molar-refractivity contribution in [2.75, 3.05) is 6.61 Å². The molecule has 2 nitrogen and oxygen atoms in total. The second kappa shape index (κ2) is 7.28. The van der Waals surface area contributed by atoms with Crippen molar-refractivity contribution in [3.63, 3.8) is 0 Å². The van der Waals surface area contributed by atoms with E-state index < -0.39 is 0 Å². The van der Waals surface area contributed by atoms with Gasteiger partial charge in [0.15, 0.2) is 5.78 Å². The molecule has 0 amide bonds. The van der Waals surface area contributed by atoms with Gasteiger partial charge in [-0.05, 0) is 31.0 Å². The highest BCUT2D eigenvalue weighted by molar-refractivity contribution is 6.36. The van der Waals surface area contributed by atoms with E-state index in [9.17, 15) is 4.79 Å². The van der Waals surface area contributed by atoms with Gasteiger partial charge < -0.3 is 4.74 Å². The molecule has 1 aromatic rings. The van der Waals surface area contributed by atoms with Gasteiger partial charge in [0.05, 0.1) is 11.1 Å². The van der Waals surface area contributed by atoms with Crippen LogP contribution in [0.15, 0.2) is 18.2 Å². The third-order valence-corrected chi connectivity index (χ3v) is 4.03. The van der Waals surface area contributed by atoms with Crippen LogP contribution in [0.4, 0.5) is 0 Å². The normalized spacial score (nSPS) is 17.2. The van der Waals surface area contributed by atoms with Crippen molar-refractivity contribution in [3.05, 3.63) is 33.8 Å². The van der Waals surface area contributed by atoms with Gasteiger partial charge in [0.2, 0.25) is 0 Å². The van der Waals surface area contributed by atoms with Crippen LogP contribution in [-0.4, -0.2) is 18.5 Å². The summed E-state index contributed by atoms with van der Waals surface area (Å²) in [6, 6.07) is 4.91. The highest BCUT2D eigenvalue weighted by Gasteiger charge is 2.16. The fourth-order valence-corrected chi connectivity index (χ4v) is 2.91. The molecule has 0 saturated heterocycles. The molecule has 0 aliphatic heterocycles. The second-order valence-corrected chi connectivity index (χ2v) is 5.82. The fraction of sp³-hybridized carbons (Fsp3) is 0.533. The number of hydrogen-bond donors (Lipinski definition) is 0. The Morgan fingerprint density at radius 2 is 1.84 bits per heavy atom. The number of ether oxygens (including phenoxy) is 1. The van der Waals surface area contributed by atoms with Gasteiger partial charge in [-0.25, -0.2) is 0 Å². The van der Waals surface area contributed by atoms with Gasteiger partial charge in [0.25, 0.3) is 0 Å². The Bertz CT molecular complexity index is 438. The minimum atomic E-state index is -0.0779. The van der Waals surface area contributed by atoms with Gasteiger partial charge in [0, 0.05) is 10.6 Å². The molecule has 104 valence electrons. The van der Waals surface area contributed by atoms with Crippen molar-refractivity contribution < 1.29 is 9.53 Å². The average molecular weight is 301 g/mol. The maximum atomic E-state index is 12.1. The molecule has 0 unspecified atom stereocenters. The number of ketones is 1. The number of carbonyl (C=O) groups is 1. The van der Waals surface area contributed by atoms with Crippen LogP contribution in [0.2, 0.25) is 10.0 Å². The summed E-state index contributed by atoms with van der Waals surface area (Å²) in [6.45, 7) is 0.103. The molecule has 1 aliphatic rings.